The molecule has 1 saturated heterocycles. The zero-order valence-corrected chi connectivity index (χ0v) is 17.0. The maximum Gasteiger partial charge on any atom is 0.341 e. The third kappa shape index (κ3) is 3.57. The van der Waals surface area contributed by atoms with Crippen LogP contribution in [0.1, 0.15) is 40.5 Å². The summed E-state index contributed by atoms with van der Waals surface area (Å²) < 4.78 is 6.02. The molecule has 0 atom stereocenters. The molecule has 3 amide bonds. The Hall–Kier alpha value is -3.52. The van der Waals surface area contributed by atoms with Crippen LogP contribution in [0, 0.1) is 0 Å². The molecule has 0 saturated carbocycles. The van der Waals surface area contributed by atoms with E-state index in [1.165, 1.54) is 11.3 Å². The van der Waals surface area contributed by atoms with Crippen LogP contribution in [0.25, 0.3) is 10.1 Å². The molecule has 0 radical (unpaired) electrons. The van der Waals surface area contributed by atoms with Crippen molar-refractivity contribution in [3.63, 3.8) is 0 Å². The van der Waals surface area contributed by atoms with Gasteiger partial charge in [-0.05, 0) is 37.3 Å². The molecule has 152 valence electrons. The molecule has 7 nitrogen and oxygen atoms in total. The maximum atomic E-state index is 12.8. The molecule has 2 aromatic carbocycles. The third-order valence-corrected chi connectivity index (χ3v) is 5.83. The van der Waals surface area contributed by atoms with E-state index in [9.17, 15) is 19.2 Å². The monoisotopic (exact) mass is 422 g/mol. The number of thiophene rings is 1. The Balaban J connectivity index is 1.60. The number of fused-ring (bicyclic) bond motifs is 1. The second-order valence-corrected chi connectivity index (χ2v) is 7.70. The second kappa shape index (κ2) is 8.08. The molecule has 1 aromatic heterocycles. The van der Waals surface area contributed by atoms with Crippen LogP contribution in [0.2, 0.25) is 0 Å². The van der Waals surface area contributed by atoms with Gasteiger partial charge >= 0.3 is 5.97 Å². The first-order valence-electron chi connectivity index (χ1n) is 9.45. The number of esters is 1. The molecule has 3 aromatic rings. The summed E-state index contributed by atoms with van der Waals surface area (Å²) in [5.41, 5.74) is 1.11. The van der Waals surface area contributed by atoms with E-state index >= 15 is 0 Å². The number of amides is 3. The second-order valence-electron chi connectivity index (χ2n) is 6.65. The van der Waals surface area contributed by atoms with E-state index in [4.69, 9.17) is 4.74 Å². The van der Waals surface area contributed by atoms with Crippen molar-refractivity contribution in [3.8, 4) is 0 Å². The molecule has 0 unspecified atom stereocenters. The Labute approximate surface area is 176 Å². The summed E-state index contributed by atoms with van der Waals surface area (Å²) in [4.78, 5) is 50.1. The average molecular weight is 422 g/mol. The van der Waals surface area contributed by atoms with Crippen LogP contribution in [0.4, 0.5) is 10.7 Å². The molecule has 30 heavy (non-hydrogen) atoms. The standard InChI is InChI=1S/C22H18N2O5S/c1-2-29-22(28)19-15-5-3-4-6-16(15)30-21(19)23-20(27)13-7-9-14(10-8-13)24-17(25)11-12-18(24)26/h3-10H,2,11-12H2,1H3,(H,23,27). The smallest absolute Gasteiger partial charge is 0.341 e. The molecule has 0 aliphatic carbocycles. The summed E-state index contributed by atoms with van der Waals surface area (Å²) in [6.45, 7) is 1.95. The minimum atomic E-state index is -0.494. The normalized spacial score (nSPS) is 13.7. The molecule has 1 fully saturated rings. The van der Waals surface area contributed by atoms with E-state index in [0.717, 1.165) is 15.0 Å². The Morgan fingerprint density at radius 2 is 1.70 bits per heavy atom. The van der Waals surface area contributed by atoms with Crippen molar-refractivity contribution in [1.82, 2.24) is 0 Å². The lowest BCUT2D eigenvalue weighted by atomic mass is 10.1. The summed E-state index contributed by atoms with van der Waals surface area (Å²) in [5, 5.41) is 3.92. The number of nitrogens with one attached hydrogen (secondary N) is 1. The Bertz CT molecular complexity index is 1150. The van der Waals surface area contributed by atoms with Crippen molar-refractivity contribution in [2.45, 2.75) is 19.8 Å². The first-order chi connectivity index (χ1) is 14.5. The van der Waals surface area contributed by atoms with Crippen molar-refractivity contribution >= 4 is 55.8 Å². The van der Waals surface area contributed by atoms with Gasteiger partial charge in [-0.15, -0.1) is 11.3 Å². The zero-order valence-electron chi connectivity index (χ0n) is 16.1. The van der Waals surface area contributed by atoms with Gasteiger partial charge in [-0.3, -0.25) is 19.3 Å². The van der Waals surface area contributed by atoms with Crippen molar-refractivity contribution < 1.29 is 23.9 Å². The van der Waals surface area contributed by atoms with Crippen LogP contribution >= 0.6 is 11.3 Å². The van der Waals surface area contributed by atoms with Crippen LogP contribution in [0.15, 0.2) is 48.5 Å². The molecule has 2 heterocycles. The van der Waals surface area contributed by atoms with E-state index < -0.39 is 11.9 Å². The number of carbonyl (C=O) groups excluding carboxylic acids is 4. The summed E-state index contributed by atoms with van der Waals surface area (Å²) >= 11 is 1.29. The van der Waals surface area contributed by atoms with Crippen molar-refractivity contribution in [1.29, 1.82) is 0 Å². The average Bonchev–Trinajstić information content (AvgIpc) is 3.27. The number of benzene rings is 2. The Kier molecular flexibility index (Phi) is 5.33. The van der Waals surface area contributed by atoms with Gasteiger partial charge in [0.1, 0.15) is 10.6 Å². The van der Waals surface area contributed by atoms with E-state index in [2.05, 4.69) is 5.32 Å². The SMILES string of the molecule is CCOC(=O)c1c(NC(=O)c2ccc(N3C(=O)CCC3=O)cc2)sc2ccccc12. The molecule has 8 heteroatoms. The van der Waals surface area contributed by atoms with Gasteiger partial charge in [-0.25, -0.2) is 4.79 Å². The summed E-state index contributed by atoms with van der Waals surface area (Å²) in [6, 6.07) is 13.6. The predicted octanol–water partition coefficient (Wildman–Crippen LogP) is 3.98. The minimum Gasteiger partial charge on any atom is -0.462 e. The Morgan fingerprint density at radius 3 is 2.37 bits per heavy atom. The molecule has 1 aliphatic rings. The summed E-state index contributed by atoms with van der Waals surface area (Å²) in [7, 11) is 0. The topological polar surface area (TPSA) is 92.8 Å². The highest BCUT2D eigenvalue weighted by atomic mass is 32.1. The summed E-state index contributed by atoms with van der Waals surface area (Å²) in [5.74, 6) is -1.40. The molecule has 4 rings (SSSR count). The van der Waals surface area contributed by atoms with Gasteiger partial charge in [-0.1, -0.05) is 18.2 Å². The highest BCUT2D eigenvalue weighted by molar-refractivity contribution is 7.23. The van der Waals surface area contributed by atoms with E-state index in [0.29, 0.717) is 21.8 Å². The fourth-order valence-electron chi connectivity index (χ4n) is 3.34. The van der Waals surface area contributed by atoms with Crippen LogP contribution in [0.5, 0.6) is 0 Å². The van der Waals surface area contributed by atoms with E-state index in [1.54, 1.807) is 31.2 Å². The number of nitrogens with zero attached hydrogens (tertiary/aromatic N) is 1. The first kappa shape index (κ1) is 19.8. The van der Waals surface area contributed by atoms with E-state index in [-0.39, 0.29) is 31.3 Å². The fourth-order valence-corrected chi connectivity index (χ4v) is 4.43. The number of hydrogen-bond donors (Lipinski definition) is 1. The van der Waals surface area contributed by atoms with Gasteiger partial charge in [0.2, 0.25) is 11.8 Å². The van der Waals surface area contributed by atoms with Gasteiger partial charge in [0, 0.05) is 28.5 Å². The number of ether oxygens (including phenoxy) is 1. The lowest BCUT2D eigenvalue weighted by Gasteiger charge is -2.14. The molecular weight excluding hydrogens is 404 g/mol. The number of anilines is 2. The zero-order chi connectivity index (χ0) is 21.3. The van der Waals surface area contributed by atoms with Crippen LogP contribution in [-0.2, 0) is 14.3 Å². The largest absolute Gasteiger partial charge is 0.462 e. The van der Waals surface area contributed by atoms with Gasteiger partial charge in [0.15, 0.2) is 0 Å². The lowest BCUT2D eigenvalue weighted by molar-refractivity contribution is -0.121. The third-order valence-electron chi connectivity index (χ3n) is 4.74. The minimum absolute atomic E-state index is 0.198. The van der Waals surface area contributed by atoms with Crippen molar-refractivity contribution in [3.05, 3.63) is 59.7 Å². The summed E-state index contributed by atoms with van der Waals surface area (Å²) in [6.07, 6.45) is 0.396. The van der Waals surface area contributed by atoms with Crippen LogP contribution in [-0.4, -0.2) is 30.3 Å². The molecule has 0 spiro atoms. The first-order valence-corrected chi connectivity index (χ1v) is 10.3. The number of hydrogen-bond acceptors (Lipinski definition) is 6. The highest BCUT2D eigenvalue weighted by Gasteiger charge is 2.30. The van der Waals surface area contributed by atoms with E-state index in [1.807, 2.05) is 24.3 Å². The molecule has 1 N–H and O–H groups in total. The van der Waals surface area contributed by atoms with Gasteiger partial charge in [-0.2, -0.15) is 0 Å². The molecular formula is C22H18N2O5S. The highest BCUT2D eigenvalue weighted by Crippen LogP contribution is 2.36. The lowest BCUT2D eigenvalue weighted by Crippen LogP contribution is -2.28. The molecule has 0 bridgehead atoms. The van der Waals surface area contributed by atoms with Crippen molar-refractivity contribution in [2.75, 3.05) is 16.8 Å². The van der Waals surface area contributed by atoms with Crippen LogP contribution < -0.4 is 10.2 Å². The quantitative estimate of drug-likeness (QED) is 0.496. The fraction of sp³-hybridized carbons (Fsp3) is 0.182. The van der Waals surface area contributed by atoms with Gasteiger partial charge < -0.3 is 10.1 Å². The van der Waals surface area contributed by atoms with Gasteiger partial charge in [0.25, 0.3) is 5.91 Å². The van der Waals surface area contributed by atoms with Gasteiger partial charge in [0.05, 0.1) is 12.3 Å². The number of carbonyl (C=O) groups is 4. The number of imide groups is 1. The Morgan fingerprint density at radius 1 is 1.03 bits per heavy atom. The predicted molar refractivity (Wildman–Crippen MR) is 114 cm³/mol. The van der Waals surface area contributed by atoms with Crippen molar-refractivity contribution in [2.24, 2.45) is 0 Å². The molecule has 1 aliphatic heterocycles. The number of rotatable bonds is 5. The maximum absolute atomic E-state index is 12.8. The van der Waals surface area contributed by atoms with Crippen LogP contribution in [0.3, 0.4) is 0 Å².